The van der Waals surface area contributed by atoms with Gasteiger partial charge >= 0.3 is 12.1 Å². The number of benzene rings is 2. The van der Waals surface area contributed by atoms with E-state index < -0.39 is 89.7 Å². The number of amides is 10. The molecule has 0 saturated carbocycles. The summed E-state index contributed by atoms with van der Waals surface area (Å²) in [4.78, 5) is 128. The number of urea groups is 2. The smallest absolute Gasteiger partial charge is 0.334 e. The minimum atomic E-state index is -3.53. The van der Waals surface area contributed by atoms with Crippen LogP contribution in [0.25, 0.3) is 0 Å². The number of para-hydroxylation sites is 1. The molecule has 4 unspecified atom stereocenters. The average molecular weight is 2210 g/mol. The van der Waals surface area contributed by atoms with E-state index >= 15 is 0 Å². The Balaban J connectivity index is 0.000000199. The van der Waals surface area contributed by atoms with Crippen molar-refractivity contribution < 1.29 is 88.9 Å². The van der Waals surface area contributed by atoms with E-state index in [1.807, 2.05) is 68.1 Å². The molecule has 12 aliphatic rings. The number of fused-ring (bicyclic) bond motifs is 2. The summed E-state index contributed by atoms with van der Waals surface area (Å²) in [5.41, 5.74) is 3.14. The molecule has 10 amide bonds. The summed E-state index contributed by atoms with van der Waals surface area (Å²) in [7, 11) is -11.8. The number of likely N-dealkylation sites (tertiary alicyclic amines) is 8. The van der Waals surface area contributed by atoms with E-state index in [1.165, 1.54) is 75.0 Å². The first kappa shape index (κ1) is 126. The van der Waals surface area contributed by atoms with Gasteiger partial charge in [0.15, 0.2) is 0 Å². The zero-order valence-corrected chi connectivity index (χ0v) is 99.1. The predicted octanol–water partition coefficient (Wildman–Crippen LogP) is 8.25. The van der Waals surface area contributed by atoms with Gasteiger partial charge in [0.2, 0.25) is 95.6 Å². The van der Waals surface area contributed by atoms with Crippen LogP contribution in [0.1, 0.15) is 264 Å². The van der Waals surface area contributed by atoms with Gasteiger partial charge in [0.1, 0.15) is 24.2 Å². The summed E-state index contributed by atoms with van der Waals surface area (Å²) in [5.74, 6) is -1.36. The number of piperidine rings is 8. The van der Waals surface area contributed by atoms with Gasteiger partial charge in [-0.05, 0) is 243 Å². The Morgan fingerprint density at radius 3 is 1.02 bits per heavy atom. The van der Waals surface area contributed by atoms with E-state index in [-0.39, 0.29) is 138 Å². The summed E-state index contributed by atoms with van der Waals surface area (Å²) < 4.78 is 154. The van der Waals surface area contributed by atoms with Crippen LogP contribution in [0.2, 0.25) is 0 Å². The molecule has 0 aromatic heterocycles. The molecule has 0 N–H and O–H groups in total. The van der Waals surface area contributed by atoms with Crippen LogP contribution < -0.4 is 4.90 Å². The lowest BCUT2D eigenvalue weighted by Crippen LogP contribution is -2.65. The molecule has 10 saturated heterocycles. The van der Waals surface area contributed by atoms with Gasteiger partial charge in [-0.25, -0.2) is 70.1 Å². The summed E-state index contributed by atoms with van der Waals surface area (Å²) in [6.45, 7) is 53.3. The fraction of sp³-hybridized carbons (Fsp3) is 0.806. The lowest BCUT2D eigenvalue weighted by Gasteiger charge is -2.48. The topological polar surface area (TPSA) is 406 Å². The molecular formula is C103H182N20O20S6. The highest BCUT2D eigenvalue weighted by atomic mass is 32.2. The zero-order chi connectivity index (χ0) is 111. The van der Waals surface area contributed by atoms with Crippen molar-refractivity contribution in [1.29, 1.82) is 0 Å². The number of nitrogens with zero attached hydrogens (tertiary/aromatic N) is 20. The highest BCUT2D eigenvalue weighted by Crippen LogP contribution is 2.42. The van der Waals surface area contributed by atoms with E-state index in [1.54, 1.807) is 55.4 Å². The van der Waals surface area contributed by atoms with Crippen LogP contribution in [0.5, 0.6) is 0 Å². The lowest BCUT2D eigenvalue weighted by molar-refractivity contribution is -0.162. The van der Waals surface area contributed by atoms with E-state index in [4.69, 9.17) is 0 Å². The molecule has 14 rings (SSSR count). The van der Waals surface area contributed by atoms with Crippen LogP contribution in [0.15, 0.2) is 48.5 Å². The molecule has 12 aliphatic heterocycles. The van der Waals surface area contributed by atoms with Crippen LogP contribution in [-0.4, -0.2) is 460 Å². The molecule has 0 spiro atoms. The molecule has 40 nitrogen and oxygen atoms in total. The molecule has 0 bridgehead atoms. The quantitative estimate of drug-likeness (QED) is 0.0664. The number of imide groups is 2. The molecule has 149 heavy (non-hydrogen) atoms. The summed E-state index contributed by atoms with van der Waals surface area (Å²) in [6.07, 6.45) is 12.5. The molecule has 4 atom stereocenters. The van der Waals surface area contributed by atoms with Crippen molar-refractivity contribution in [3.05, 3.63) is 65.2 Å². The van der Waals surface area contributed by atoms with Crippen LogP contribution in [0, 0.1) is 5.41 Å². The van der Waals surface area contributed by atoms with Crippen molar-refractivity contribution in [2.75, 3.05) is 186 Å². The number of likely N-dealkylation sites (N-methyl/N-ethyl adjacent to an activating group) is 4. The third-order valence-corrected chi connectivity index (χ3v) is 43.8. The van der Waals surface area contributed by atoms with Crippen LogP contribution in [-0.2, 0) is 102 Å². The van der Waals surface area contributed by atoms with Crippen LogP contribution in [0.3, 0.4) is 0 Å². The fourth-order valence-corrected chi connectivity index (χ4v) is 28.4. The Bertz CT molecular complexity index is 5540. The SMILES string of the molecule is CCS(=O)(=O)N(C)C1C(=O)N(C2CCN(C(C)C)CC2)C(=O)CC1(C)C.CCS(=O)(=O)N(C)C1C(=O)N(C2CCN(C(C)C)CC2)Cc2ccccc21.CCS(=O)(=O)N(C)C1CCC(=O)N(C2CCN(C(C)C)CC2)C1=O.CCS(=O)(=O)N(C)C1Cc2ccccc2N(C2CCN(C(C)C)CC2)C1=O.CCS(=O)(=O)N(C)N1CCCN(C2CCN(C(C)C)CC2)C1=O.CCS(=O)(=O)N(C)N1CCN(C2CCN(C(C)C)CC2)C1=O. The van der Waals surface area contributed by atoms with Gasteiger partial charge in [-0.1, -0.05) is 56.3 Å². The second kappa shape index (κ2) is 53.9. The molecule has 12 heterocycles. The first-order chi connectivity index (χ1) is 69.7. The molecule has 10 fully saturated rings. The average Bonchev–Trinajstić information content (AvgIpc) is 1.81. The maximum atomic E-state index is 13.4. The van der Waals surface area contributed by atoms with Crippen LogP contribution in [0.4, 0.5) is 15.3 Å². The highest BCUT2D eigenvalue weighted by Gasteiger charge is 2.54. The molecule has 46 heteroatoms. The summed E-state index contributed by atoms with van der Waals surface area (Å²) in [5, 5.41) is 2.74. The normalized spacial score (nSPS) is 23.5. The van der Waals surface area contributed by atoms with E-state index in [0.717, 1.165) is 204 Å². The Morgan fingerprint density at radius 1 is 0.315 bits per heavy atom. The monoisotopic (exact) mass is 2210 g/mol. The van der Waals surface area contributed by atoms with E-state index in [2.05, 4.69) is 112 Å². The van der Waals surface area contributed by atoms with Gasteiger partial charge in [-0.15, -0.1) is 8.83 Å². The second-order valence-electron chi connectivity index (χ2n) is 44.0. The summed E-state index contributed by atoms with van der Waals surface area (Å²) in [6, 6.07) is 15.8. The van der Waals surface area contributed by atoms with Crippen molar-refractivity contribution in [2.45, 2.75) is 351 Å². The van der Waals surface area contributed by atoms with E-state index in [0.29, 0.717) is 68.9 Å². The number of hydrogen-bond donors (Lipinski definition) is 0. The molecule has 0 radical (unpaired) electrons. The largest absolute Gasteiger partial charge is 0.335 e. The van der Waals surface area contributed by atoms with Gasteiger partial charge in [0.25, 0.3) is 0 Å². The van der Waals surface area contributed by atoms with Crippen molar-refractivity contribution in [3.8, 4) is 0 Å². The molecule has 0 aliphatic carbocycles. The lowest BCUT2D eigenvalue weighted by atomic mass is 9.76. The molecule has 2 aromatic rings. The zero-order valence-electron chi connectivity index (χ0n) is 94.2. The van der Waals surface area contributed by atoms with Gasteiger partial charge in [0, 0.05) is 244 Å². The van der Waals surface area contributed by atoms with Crippen LogP contribution >= 0.6 is 0 Å². The number of hydrogen-bond acceptors (Lipinski definition) is 26. The predicted molar refractivity (Wildman–Crippen MR) is 584 cm³/mol. The third kappa shape index (κ3) is 30.5. The van der Waals surface area contributed by atoms with Crippen molar-refractivity contribution in [1.82, 2.24) is 90.0 Å². The van der Waals surface area contributed by atoms with Crippen molar-refractivity contribution in [2.24, 2.45) is 5.41 Å². The maximum Gasteiger partial charge on any atom is 0.335 e. The van der Waals surface area contributed by atoms with Crippen molar-refractivity contribution in [3.63, 3.8) is 0 Å². The highest BCUT2D eigenvalue weighted by molar-refractivity contribution is 7.90. The van der Waals surface area contributed by atoms with Gasteiger partial charge in [-0.2, -0.15) is 17.2 Å². The van der Waals surface area contributed by atoms with E-state index in [9.17, 15) is 88.9 Å². The molecule has 850 valence electrons. The number of rotatable bonds is 30. The summed E-state index contributed by atoms with van der Waals surface area (Å²) >= 11 is 0. The van der Waals surface area contributed by atoms with Gasteiger partial charge in [-0.3, -0.25) is 38.6 Å². The number of hydrazine groups is 2. The molecule has 2 aromatic carbocycles. The molecular weight excluding hydrogens is 2030 g/mol. The second-order valence-corrected chi connectivity index (χ2v) is 57.8. The Morgan fingerprint density at radius 2 is 0.631 bits per heavy atom. The first-order valence-corrected chi connectivity index (χ1v) is 64.2. The van der Waals surface area contributed by atoms with Gasteiger partial charge < -0.3 is 49.0 Å². The Labute approximate surface area is 894 Å². The Kier molecular flexibility index (Phi) is 45.6. The number of carbonyl (C=O) groups is 8. The Hall–Kier alpha value is -6.58. The first-order valence-electron chi connectivity index (χ1n) is 54.6. The minimum Gasteiger partial charge on any atom is -0.334 e. The third-order valence-electron chi connectivity index (χ3n) is 33.0. The van der Waals surface area contributed by atoms with Crippen molar-refractivity contribution >= 4 is 113 Å². The standard InChI is InChI=1S/2C20H31N3O3S.C18H33N3O4S.C16H29N3O4S.C15H30N4O3S.C14H28N4O3S/c1-5-27(25,26)21(4)19-18-9-7-6-8-16(18)14-23(20(19)24)17-10-12-22(13-11-17)15(2)3;1-5-27(25,26)21(4)19-14-16-8-6-7-9-18(16)23(20(19)24)17-10-12-22(13-11-17)15(2)3;1-7-26(24,25)19(6)16-17(23)21(15(22)12-18(16,4)5)14-8-10-20(11-9-14)13(2)3;1-5-24(22,23)17(4)14-6-7-15(20)19(16(14)21)13-8-10-18(11-9-13)12(2)3;1-5-23(21,22)16(4)19-10-6-9-18(15(19)20)14-7-11-17(12-8-14)13(2)3;1-5-22(20,21)15(4)18-11-10-17(14(18)19)13-6-8-16(9-7-13)12(2)3/h2*6-9,15,17,19H,5,10-14H2,1-4H3;13-14,16H,7-12H2,1-6H3;12-14H,5-11H2,1-4H3;13-14H,5-12H2,1-4H3;12-13H,5-11H2,1-4H3. The fourth-order valence-electron chi connectivity index (χ4n) is 22.8. The maximum absolute atomic E-state index is 13.4. The van der Waals surface area contributed by atoms with Gasteiger partial charge in [0.05, 0.1) is 41.1 Å². The number of anilines is 1. The minimum absolute atomic E-state index is 0.0000565. The number of carbonyl (C=O) groups excluding carboxylic acids is 8. The number of sulfonamides is 6.